The summed E-state index contributed by atoms with van der Waals surface area (Å²) < 4.78 is 0. The lowest BCUT2D eigenvalue weighted by Crippen LogP contribution is -2.40. The van der Waals surface area contributed by atoms with Gasteiger partial charge in [0.15, 0.2) is 0 Å². The molecule has 18 heavy (non-hydrogen) atoms. The van der Waals surface area contributed by atoms with Crippen LogP contribution in [-0.4, -0.2) is 23.0 Å². The summed E-state index contributed by atoms with van der Waals surface area (Å²) in [6.07, 6.45) is 1.07. The fourth-order valence-electron chi connectivity index (χ4n) is 1.59. The highest BCUT2D eigenvalue weighted by Gasteiger charge is 2.20. The van der Waals surface area contributed by atoms with E-state index in [-0.39, 0.29) is 0 Å². The lowest BCUT2D eigenvalue weighted by atomic mass is 10.1. The van der Waals surface area contributed by atoms with Crippen molar-refractivity contribution in [2.45, 2.75) is 32.7 Å². The number of carbonyl (C=O) groups is 2. The first-order valence-electron chi connectivity index (χ1n) is 5.75. The lowest BCUT2D eigenvalue weighted by Gasteiger charge is -2.14. The molecule has 0 unspecified atom stereocenters. The molecule has 0 aliphatic carbocycles. The Bertz CT molecular complexity index is 460. The molecule has 0 spiro atoms. The Morgan fingerprint density at radius 1 is 1.44 bits per heavy atom. The van der Waals surface area contributed by atoms with E-state index in [1.807, 2.05) is 13.8 Å². The van der Waals surface area contributed by atoms with Crippen molar-refractivity contribution in [3.63, 3.8) is 0 Å². The van der Waals surface area contributed by atoms with Crippen molar-refractivity contribution in [2.24, 2.45) is 0 Å². The van der Waals surface area contributed by atoms with Gasteiger partial charge in [-0.2, -0.15) is 0 Å². The van der Waals surface area contributed by atoms with Gasteiger partial charge in [-0.05, 0) is 31.0 Å². The van der Waals surface area contributed by atoms with Crippen molar-refractivity contribution >= 4 is 23.5 Å². The van der Waals surface area contributed by atoms with Gasteiger partial charge >= 0.3 is 5.97 Å². The molecule has 1 aromatic carbocycles. The molecule has 0 aliphatic heterocycles. The number of nitrogens with one attached hydrogen (secondary N) is 1. The summed E-state index contributed by atoms with van der Waals surface area (Å²) in [7, 11) is 0. The molecule has 0 saturated heterocycles. The lowest BCUT2D eigenvalue weighted by molar-refractivity contribution is -0.139. The van der Waals surface area contributed by atoms with Crippen molar-refractivity contribution in [1.82, 2.24) is 5.32 Å². The molecule has 98 valence electrons. The predicted molar refractivity (Wildman–Crippen MR) is 70.0 cm³/mol. The van der Waals surface area contributed by atoms with Crippen LogP contribution in [-0.2, 0) is 4.79 Å². The number of amides is 1. The van der Waals surface area contributed by atoms with E-state index < -0.39 is 17.9 Å². The van der Waals surface area contributed by atoms with Crippen LogP contribution in [0.3, 0.4) is 0 Å². The zero-order chi connectivity index (χ0) is 13.7. The molecule has 1 rings (SSSR count). The molecule has 4 nitrogen and oxygen atoms in total. The molecular formula is C13H16ClNO3. The summed E-state index contributed by atoms with van der Waals surface area (Å²) in [5, 5.41) is 11.8. The van der Waals surface area contributed by atoms with E-state index in [0.29, 0.717) is 23.4 Å². The van der Waals surface area contributed by atoms with Crippen molar-refractivity contribution in [3.05, 3.63) is 34.3 Å². The summed E-state index contributed by atoms with van der Waals surface area (Å²) in [5.41, 5.74) is 1.24. The molecule has 0 aromatic heterocycles. The van der Waals surface area contributed by atoms with Crippen LogP contribution in [0, 0.1) is 6.92 Å². The highest BCUT2D eigenvalue weighted by molar-refractivity contribution is 6.33. The maximum Gasteiger partial charge on any atom is 0.326 e. The van der Waals surface area contributed by atoms with E-state index in [1.54, 1.807) is 18.2 Å². The molecule has 2 N–H and O–H groups in total. The summed E-state index contributed by atoms with van der Waals surface area (Å²) in [5.74, 6) is -1.49. The highest BCUT2D eigenvalue weighted by Crippen LogP contribution is 2.17. The Balaban J connectivity index is 2.83. The minimum absolute atomic E-state index is 0.296. The van der Waals surface area contributed by atoms with Gasteiger partial charge in [-0.25, -0.2) is 4.79 Å². The van der Waals surface area contributed by atoms with Gasteiger partial charge < -0.3 is 10.4 Å². The summed E-state index contributed by atoms with van der Waals surface area (Å²) >= 11 is 5.96. The summed E-state index contributed by atoms with van der Waals surface area (Å²) in [6, 6.07) is 4.15. The first-order chi connectivity index (χ1) is 8.45. The minimum Gasteiger partial charge on any atom is -0.480 e. The van der Waals surface area contributed by atoms with E-state index in [2.05, 4.69) is 5.32 Å². The number of benzene rings is 1. The van der Waals surface area contributed by atoms with Gasteiger partial charge in [-0.3, -0.25) is 4.79 Å². The molecular weight excluding hydrogens is 254 g/mol. The van der Waals surface area contributed by atoms with Gasteiger partial charge in [0, 0.05) is 0 Å². The predicted octanol–water partition coefficient (Wildman–Crippen LogP) is 2.63. The Morgan fingerprint density at radius 3 is 2.61 bits per heavy atom. The minimum atomic E-state index is -1.03. The largest absolute Gasteiger partial charge is 0.480 e. The first-order valence-corrected chi connectivity index (χ1v) is 6.13. The summed E-state index contributed by atoms with van der Waals surface area (Å²) in [6.45, 7) is 3.73. The number of rotatable bonds is 5. The van der Waals surface area contributed by atoms with Gasteiger partial charge in [-0.15, -0.1) is 0 Å². The summed E-state index contributed by atoms with van der Waals surface area (Å²) in [4.78, 5) is 22.9. The fraction of sp³-hybridized carbons (Fsp3) is 0.385. The molecule has 0 saturated carbocycles. The monoisotopic (exact) mass is 269 g/mol. The van der Waals surface area contributed by atoms with Gasteiger partial charge in [0.2, 0.25) is 0 Å². The standard InChI is InChI=1S/C13H16ClNO3/c1-3-4-11(13(17)18)15-12(16)9-6-5-8(2)7-10(9)14/h5-7,11H,3-4H2,1-2H3,(H,15,16)(H,17,18)/t11-/m1/s1. The van der Waals surface area contributed by atoms with Crippen LogP contribution in [0.5, 0.6) is 0 Å². The zero-order valence-electron chi connectivity index (χ0n) is 10.4. The van der Waals surface area contributed by atoms with E-state index >= 15 is 0 Å². The number of hydrogen-bond donors (Lipinski definition) is 2. The Morgan fingerprint density at radius 2 is 2.11 bits per heavy atom. The topological polar surface area (TPSA) is 66.4 Å². The molecule has 5 heteroatoms. The van der Waals surface area contributed by atoms with Crippen LogP contribution in [0.4, 0.5) is 0 Å². The van der Waals surface area contributed by atoms with E-state index in [4.69, 9.17) is 16.7 Å². The Hall–Kier alpha value is -1.55. The number of carbonyl (C=O) groups excluding carboxylic acids is 1. The van der Waals surface area contributed by atoms with Crippen LogP contribution in [0.15, 0.2) is 18.2 Å². The van der Waals surface area contributed by atoms with Crippen molar-refractivity contribution in [2.75, 3.05) is 0 Å². The molecule has 1 amide bonds. The SMILES string of the molecule is CCC[C@@H](NC(=O)c1ccc(C)cc1Cl)C(=O)O. The van der Waals surface area contributed by atoms with Crippen molar-refractivity contribution in [3.8, 4) is 0 Å². The van der Waals surface area contributed by atoms with Crippen LogP contribution in [0.1, 0.15) is 35.7 Å². The Labute approximate surface area is 111 Å². The molecule has 1 atom stereocenters. The normalized spacial score (nSPS) is 11.9. The molecule has 1 aromatic rings. The molecule has 0 aliphatic rings. The average molecular weight is 270 g/mol. The van der Waals surface area contributed by atoms with Crippen molar-refractivity contribution < 1.29 is 14.7 Å². The van der Waals surface area contributed by atoms with E-state index in [1.165, 1.54) is 0 Å². The Kier molecular flexibility index (Phi) is 5.16. The molecule has 0 fully saturated rings. The van der Waals surface area contributed by atoms with Gasteiger partial charge in [0.25, 0.3) is 5.91 Å². The van der Waals surface area contributed by atoms with Crippen molar-refractivity contribution in [1.29, 1.82) is 0 Å². The second-order valence-corrected chi connectivity index (χ2v) is 4.54. The number of halogens is 1. The average Bonchev–Trinajstić information content (AvgIpc) is 2.27. The van der Waals surface area contributed by atoms with Crippen LogP contribution >= 0.6 is 11.6 Å². The van der Waals surface area contributed by atoms with E-state index in [9.17, 15) is 9.59 Å². The molecule has 0 radical (unpaired) electrons. The highest BCUT2D eigenvalue weighted by atomic mass is 35.5. The van der Waals surface area contributed by atoms with E-state index in [0.717, 1.165) is 5.56 Å². The quantitative estimate of drug-likeness (QED) is 0.863. The zero-order valence-corrected chi connectivity index (χ0v) is 11.1. The number of carboxylic acid groups (broad SMARTS) is 1. The maximum absolute atomic E-state index is 11.9. The molecule has 0 heterocycles. The van der Waals surface area contributed by atoms with Gasteiger partial charge in [0.1, 0.15) is 6.04 Å². The smallest absolute Gasteiger partial charge is 0.326 e. The van der Waals surface area contributed by atoms with Crippen LogP contribution in [0.2, 0.25) is 5.02 Å². The third-order valence-corrected chi connectivity index (χ3v) is 2.86. The maximum atomic E-state index is 11.9. The molecule has 0 bridgehead atoms. The third-order valence-electron chi connectivity index (χ3n) is 2.55. The first kappa shape index (κ1) is 14.5. The van der Waals surface area contributed by atoms with Crippen LogP contribution in [0.25, 0.3) is 0 Å². The van der Waals surface area contributed by atoms with Gasteiger partial charge in [-0.1, -0.05) is 31.0 Å². The third kappa shape index (κ3) is 3.74. The number of carboxylic acids is 1. The second-order valence-electron chi connectivity index (χ2n) is 4.14. The number of hydrogen-bond acceptors (Lipinski definition) is 2. The number of aliphatic carboxylic acids is 1. The van der Waals surface area contributed by atoms with Gasteiger partial charge in [0.05, 0.1) is 10.6 Å². The fourth-order valence-corrected chi connectivity index (χ4v) is 1.91. The number of aryl methyl sites for hydroxylation is 1. The van der Waals surface area contributed by atoms with Crippen LogP contribution < -0.4 is 5.32 Å². The second kappa shape index (κ2) is 6.40.